The molecule has 2 N–H and O–H groups in total. The van der Waals surface area contributed by atoms with Gasteiger partial charge in [0.25, 0.3) is 5.89 Å². The number of nitrogens with two attached hydrogens (primary N) is 1. The summed E-state index contributed by atoms with van der Waals surface area (Å²) in [7, 11) is -3.25. The molecule has 0 spiro atoms. The van der Waals surface area contributed by atoms with Crippen molar-refractivity contribution in [3.8, 4) is 11.5 Å². The molecule has 0 bridgehead atoms. The van der Waals surface area contributed by atoms with Crippen LogP contribution in [0.15, 0.2) is 22.9 Å². The molecule has 2 aromatic heterocycles. The molecule has 0 aliphatic heterocycles. The minimum absolute atomic E-state index is 0.142. The van der Waals surface area contributed by atoms with E-state index in [0.29, 0.717) is 17.8 Å². The second kappa shape index (κ2) is 5.06. The number of hydrogen-bond acceptors (Lipinski definition) is 7. The third-order valence-electron chi connectivity index (χ3n) is 2.72. The maximum atomic E-state index is 11.4. The quantitative estimate of drug-likeness (QED) is 0.878. The van der Waals surface area contributed by atoms with Crippen molar-refractivity contribution in [2.45, 2.75) is 18.7 Å². The third kappa shape index (κ3) is 2.96. The summed E-state index contributed by atoms with van der Waals surface area (Å²) >= 11 is 0. The van der Waals surface area contributed by atoms with Crippen LogP contribution in [0.2, 0.25) is 0 Å². The van der Waals surface area contributed by atoms with Crippen LogP contribution in [0.4, 0.5) is 0 Å². The highest BCUT2D eigenvalue weighted by Gasteiger charge is 2.23. The highest BCUT2D eigenvalue weighted by atomic mass is 32.2. The molecule has 0 saturated carbocycles. The van der Waals surface area contributed by atoms with E-state index in [9.17, 15) is 8.42 Å². The second-order valence-corrected chi connectivity index (χ2v) is 6.54. The Morgan fingerprint density at radius 3 is 2.84 bits per heavy atom. The van der Waals surface area contributed by atoms with Gasteiger partial charge < -0.3 is 10.3 Å². The van der Waals surface area contributed by atoms with Gasteiger partial charge in [-0.3, -0.25) is 4.98 Å². The first-order chi connectivity index (χ1) is 8.91. The summed E-state index contributed by atoms with van der Waals surface area (Å²) in [5.41, 5.74) is 6.85. The van der Waals surface area contributed by atoms with Crippen LogP contribution in [0, 0.1) is 0 Å². The van der Waals surface area contributed by atoms with Crippen molar-refractivity contribution in [3.05, 3.63) is 29.8 Å². The van der Waals surface area contributed by atoms with Crippen LogP contribution in [-0.4, -0.2) is 29.8 Å². The Labute approximate surface area is 110 Å². The summed E-state index contributed by atoms with van der Waals surface area (Å²) in [5.74, 6) is 0.395. The molecule has 0 aromatic carbocycles. The first kappa shape index (κ1) is 13.6. The van der Waals surface area contributed by atoms with Crippen LogP contribution >= 0.6 is 0 Å². The van der Waals surface area contributed by atoms with E-state index in [-0.39, 0.29) is 11.7 Å². The number of nitrogens with zero attached hydrogens (tertiary/aromatic N) is 3. The molecule has 102 valence electrons. The molecule has 19 heavy (non-hydrogen) atoms. The van der Waals surface area contributed by atoms with Gasteiger partial charge >= 0.3 is 0 Å². The van der Waals surface area contributed by atoms with Gasteiger partial charge in [-0.05, 0) is 19.1 Å². The van der Waals surface area contributed by atoms with Crippen molar-refractivity contribution in [1.29, 1.82) is 0 Å². The van der Waals surface area contributed by atoms with Gasteiger partial charge in [0.15, 0.2) is 15.7 Å². The molecule has 2 rings (SSSR count). The lowest BCUT2D eigenvalue weighted by molar-refractivity contribution is 0.421. The van der Waals surface area contributed by atoms with Crippen molar-refractivity contribution >= 4 is 9.84 Å². The van der Waals surface area contributed by atoms with E-state index in [1.807, 2.05) is 0 Å². The molecule has 0 amide bonds. The van der Waals surface area contributed by atoms with E-state index in [1.165, 1.54) is 6.92 Å². The largest absolute Gasteiger partial charge is 0.334 e. The summed E-state index contributed by atoms with van der Waals surface area (Å²) in [4.78, 5) is 8.15. The molecule has 2 aromatic rings. The minimum Gasteiger partial charge on any atom is -0.334 e. The molecule has 1 atom stereocenters. The average molecular weight is 282 g/mol. The number of aromatic nitrogens is 3. The summed E-state index contributed by atoms with van der Waals surface area (Å²) in [6, 6.07) is 3.42. The first-order valence-electron chi connectivity index (χ1n) is 5.59. The van der Waals surface area contributed by atoms with E-state index in [4.69, 9.17) is 10.3 Å². The molecule has 0 aliphatic rings. The Morgan fingerprint density at radius 1 is 1.47 bits per heavy atom. The van der Waals surface area contributed by atoms with Crippen molar-refractivity contribution in [1.82, 2.24) is 15.1 Å². The number of pyridine rings is 1. The smallest absolute Gasteiger partial charge is 0.258 e. The van der Waals surface area contributed by atoms with Crippen molar-refractivity contribution < 1.29 is 12.9 Å². The van der Waals surface area contributed by atoms with Crippen LogP contribution in [0.5, 0.6) is 0 Å². The summed E-state index contributed by atoms with van der Waals surface area (Å²) in [6.45, 7) is 1.82. The van der Waals surface area contributed by atoms with Crippen LogP contribution < -0.4 is 5.73 Å². The van der Waals surface area contributed by atoms with Gasteiger partial charge in [0.1, 0.15) is 5.25 Å². The van der Waals surface area contributed by atoms with Crippen molar-refractivity contribution in [2.24, 2.45) is 5.73 Å². The second-order valence-electron chi connectivity index (χ2n) is 4.17. The van der Waals surface area contributed by atoms with Gasteiger partial charge in [-0.25, -0.2) is 8.42 Å². The highest BCUT2D eigenvalue weighted by Crippen LogP contribution is 2.22. The Hall–Kier alpha value is -1.80. The van der Waals surface area contributed by atoms with Crippen molar-refractivity contribution in [3.63, 3.8) is 0 Å². The van der Waals surface area contributed by atoms with Gasteiger partial charge in [-0.1, -0.05) is 5.16 Å². The zero-order chi connectivity index (χ0) is 14.0. The fraction of sp³-hybridized carbons (Fsp3) is 0.364. The molecule has 2 heterocycles. The predicted molar refractivity (Wildman–Crippen MR) is 68.7 cm³/mol. The highest BCUT2D eigenvalue weighted by molar-refractivity contribution is 7.90. The van der Waals surface area contributed by atoms with E-state index >= 15 is 0 Å². The normalized spacial score (nSPS) is 13.4. The number of rotatable bonds is 4. The molecule has 0 radical (unpaired) electrons. The molecule has 1 unspecified atom stereocenters. The Morgan fingerprint density at radius 2 is 2.21 bits per heavy atom. The lowest BCUT2D eigenvalue weighted by atomic mass is 10.2. The van der Waals surface area contributed by atoms with Gasteiger partial charge in [0.05, 0.1) is 5.69 Å². The molecular weight excluding hydrogens is 268 g/mol. The lowest BCUT2D eigenvalue weighted by Crippen LogP contribution is -2.09. The van der Waals surface area contributed by atoms with Gasteiger partial charge in [0, 0.05) is 24.6 Å². The molecule has 0 fully saturated rings. The van der Waals surface area contributed by atoms with Crippen molar-refractivity contribution in [2.75, 3.05) is 6.26 Å². The number of hydrogen-bond donors (Lipinski definition) is 1. The van der Waals surface area contributed by atoms with Crippen LogP contribution in [0.1, 0.15) is 23.7 Å². The third-order valence-corrected chi connectivity index (χ3v) is 4.22. The van der Waals surface area contributed by atoms with Gasteiger partial charge in [0.2, 0.25) is 0 Å². The van der Waals surface area contributed by atoms with E-state index < -0.39 is 15.1 Å². The Balaban J connectivity index is 2.35. The summed E-state index contributed by atoms with van der Waals surface area (Å²) < 4.78 is 27.9. The average Bonchev–Trinajstić information content (AvgIpc) is 2.86. The van der Waals surface area contributed by atoms with Crippen LogP contribution in [0.25, 0.3) is 11.5 Å². The van der Waals surface area contributed by atoms with E-state index in [2.05, 4.69) is 15.1 Å². The van der Waals surface area contributed by atoms with Crippen LogP contribution in [0.3, 0.4) is 0 Å². The zero-order valence-electron chi connectivity index (χ0n) is 10.6. The zero-order valence-corrected chi connectivity index (χ0v) is 11.4. The summed E-state index contributed by atoms with van der Waals surface area (Å²) in [5, 5.41) is 2.89. The SMILES string of the molecule is CC(c1noc(-c2ccnc(CN)c2)n1)S(C)(=O)=O. The monoisotopic (exact) mass is 282 g/mol. The molecule has 0 aliphatic carbocycles. The standard InChI is InChI=1S/C11H14N4O3S/c1-7(19(2,16)17)10-14-11(18-15-10)8-3-4-13-9(5-8)6-12/h3-5,7H,6,12H2,1-2H3. The maximum Gasteiger partial charge on any atom is 0.258 e. The minimum atomic E-state index is -3.25. The molecule has 8 heteroatoms. The molecule has 0 saturated heterocycles. The topological polar surface area (TPSA) is 112 Å². The van der Waals surface area contributed by atoms with Gasteiger partial charge in [-0.2, -0.15) is 4.98 Å². The predicted octanol–water partition coefficient (Wildman–Crippen LogP) is 0.696. The fourth-order valence-corrected chi connectivity index (χ4v) is 1.91. The van der Waals surface area contributed by atoms with E-state index in [0.717, 1.165) is 6.26 Å². The summed E-state index contributed by atoms with van der Waals surface area (Å²) in [6.07, 6.45) is 2.72. The number of sulfone groups is 1. The van der Waals surface area contributed by atoms with Crippen LogP contribution in [-0.2, 0) is 16.4 Å². The lowest BCUT2D eigenvalue weighted by Gasteiger charge is -2.01. The molecular formula is C11H14N4O3S. The maximum absolute atomic E-state index is 11.4. The molecule has 7 nitrogen and oxygen atoms in total. The van der Waals surface area contributed by atoms with Gasteiger partial charge in [-0.15, -0.1) is 0 Å². The first-order valence-corrected chi connectivity index (χ1v) is 7.55. The Bertz CT molecular complexity index is 681. The Kier molecular flexibility index (Phi) is 3.63. The van der Waals surface area contributed by atoms with E-state index in [1.54, 1.807) is 18.3 Å². The fourth-order valence-electron chi connectivity index (χ4n) is 1.43.